The van der Waals surface area contributed by atoms with Gasteiger partial charge in [-0.1, -0.05) is 39.8 Å². The van der Waals surface area contributed by atoms with E-state index in [1.54, 1.807) is 0 Å². The van der Waals surface area contributed by atoms with Gasteiger partial charge in [0.25, 0.3) is 5.91 Å². The molecule has 1 rings (SSSR count). The van der Waals surface area contributed by atoms with Gasteiger partial charge in [0.1, 0.15) is 0 Å². The van der Waals surface area contributed by atoms with Crippen LogP contribution in [0.3, 0.4) is 0 Å². The molecule has 0 radical (unpaired) electrons. The number of hydrogen-bond acceptors (Lipinski definition) is 2. The second kappa shape index (κ2) is 9.56. The van der Waals surface area contributed by atoms with Crippen LogP contribution >= 0.6 is 0 Å². The maximum atomic E-state index is 11.8. The molecule has 0 unspecified atom stereocenters. The topological polar surface area (TPSA) is 49.3 Å². The molecule has 0 aliphatic rings. The molecule has 0 atom stereocenters. The summed E-state index contributed by atoms with van der Waals surface area (Å²) in [5.74, 6) is 0.409. The third-order valence-corrected chi connectivity index (χ3v) is 2.78. The summed E-state index contributed by atoms with van der Waals surface area (Å²) in [6.07, 6.45) is 0.592. The lowest BCUT2D eigenvalue weighted by molar-refractivity contribution is 0.0950. The number of amides is 1. The number of benzene rings is 1. The van der Waals surface area contributed by atoms with Crippen molar-refractivity contribution in [2.24, 2.45) is 0 Å². The van der Waals surface area contributed by atoms with Crippen LogP contribution in [0.5, 0.6) is 0 Å². The summed E-state index contributed by atoms with van der Waals surface area (Å²) in [6, 6.07) is 5.93. The van der Waals surface area contributed by atoms with Crippen molar-refractivity contribution in [3.63, 3.8) is 0 Å². The molecule has 0 aromatic heterocycles. The Morgan fingerprint density at radius 2 is 1.95 bits per heavy atom. The minimum atomic E-state index is -0.0637. The molecule has 0 heterocycles. The van der Waals surface area contributed by atoms with Crippen molar-refractivity contribution in [2.45, 2.75) is 47.0 Å². The molecule has 1 amide bonds. The minimum Gasteiger partial charge on any atom is -0.396 e. The maximum Gasteiger partial charge on any atom is 0.251 e. The number of carbonyl (C=O) groups excluding carboxylic acids is 1. The van der Waals surface area contributed by atoms with Gasteiger partial charge in [-0.2, -0.15) is 0 Å². The predicted molar refractivity (Wildman–Crippen MR) is 80.7 cm³/mol. The van der Waals surface area contributed by atoms with Crippen LogP contribution in [0.25, 0.3) is 0 Å². The van der Waals surface area contributed by atoms with Gasteiger partial charge in [-0.3, -0.25) is 4.79 Å². The average molecular weight is 265 g/mol. The zero-order valence-electron chi connectivity index (χ0n) is 12.8. The first-order valence-electron chi connectivity index (χ1n) is 7.06. The van der Waals surface area contributed by atoms with E-state index in [4.69, 9.17) is 5.11 Å². The average Bonchev–Trinajstić information content (AvgIpc) is 2.41. The van der Waals surface area contributed by atoms with Crippen LogP contribution in [0.4, 0.5) is 0 Å². The number of aliphatic hydroxyl groups is 1. The first kappa shape index (κ1) is 17.6. The van der Waals surface area contributed by atoms with E-state index in [1.165, 1.54) is 5.56 Å². The number of aliphatic hydroxyl groups excluding tert-OH is 1. The Morgan fingerprint density at radius 3 is 2.42 bits per heavy atom. The zero-order chi connectivity index (χ0) is 14.8. The van der Waals surface area contributed by atoms with Gasteiger partial charge < -0.3 is 10.4 Å². The maximum absolute atomic E-state index is 11.8. The van der Waals surface area contributed by atoms with Gasteiger partial charge >= 0.3 is 0 Å². The minimum absolute atomic E-state index is 0.0637. The Bertz CT molecular complexity index is 386. The molecule has 0 aliphatic carbocycles. The van der Waals surface area contributed by atoms with Crippen LogP contribution in [0.2, 0.25) is 0 Å². The summed E-state index contributed by atoms with van der Waals surface area (Å²) in [4.78, 5) is 11.8. The number of nitrogens with one attached hydrogen (secondary N) is 1. The van der Waals surface area contributed by atoms with Gasteiger partial charge in [-0.15, -0.1) is 0 Å². The highest BCUT2D eigenvalue weighted by Gasteiger charge is 2.09. The predicted octanol–water partition coefficient (Wildman–Crippen LogP) is 3.26. The van der Waals surface area contributed by atoms with Gasteiger partial charge in [0.05, 0.1) is 0 Å². The second-order valence-corrected chi connectivity index (χ2v) is 4.56. The van der Waals surface area contributed by atoms with E-state index in [1.807, 2.05) is 32.9 Å². The Hall–Kier alpha value is -1.35. The lowest BCUT2D eigenvalue weighted by Gasteiger charge is -2.11. The fourth-order valence-corrected chi connectivity index (χ4v) is 1.68. The van der Waals surface area contributed by atoms with E-state index in [0.717, 1.165) is 5.56 Å². The highest BCUT2D eigenvalue weighted by atomic mass is 16.3. The summed E-state index contributed by atoms with van der Waals surface area (Å²) in [7, 11) is 0. The fraction of sp³-hybridized carbons (Fsp3) is 0.562. The molecular formula is C16H27NO2. The lowest BCUT2D eigenvalue weighted by atomic mass is 9.98. The molecule has 1 aromatic rings. The number of aryl methyl sites for hydroxylation is 1. The highest BCUT2D eigenvalue weighted by molar-refractivity contribution is 5.95. The normalized spacial score (nSPS) is 9.84. The van der Waals surface area contributed by atoms with Gasteiger partial charge in [0.2, 0.25) is 0 Å². The van der Waals surface area contributed by atoms with Gasteiger partial charge in [0.15, 0.2) is 0 Å². The molecule has 0 fully saturated rings. The van der Waals surface area contributed by atoms with Crippen LogP contribution < -0.4 is 5.32 Å². The molecule has 0 spiro atoms. The molecule has 3 heteroatoms. The van der Waals surface area contributed by atoms with Crippen molar-refractivity contribution in [1.29, 1.82) is 0 Å². The second-order valence-electron chi connectivity index (χ2n) is 4.56. The van der Waals surface area contributed by atoms with E-state index in [-0.39, 0.29) is 12.5 Å². The summed E-state index contributed by atoms with van der Waals surface area (Å²) < 4.78 is 0. The Balaban J connectivity index is 0.00000154. The number of hydrogen-bond donors (Lipinski definition) is 2. The number of carbonyl (C=O) groups is 1. The molecule has 2 N–H and O–H groups in total. The monoisotopic (exact) mass is 265 g/mol. The summed E-state index contributed by atoms with van der Waals surface area (Å²) in [5, 5.41) is 11.4. The quantitative estimate of drug-likeness (QED) is 0.803. The zero-order valence-corrected chi connectivity index (χ0v) is 12.8. The molecule has 0 aliphatic heterocycles. The molecule has 0 saturated heterocycles. The van der Waals surface area contributed by atoms with Crippen LogP contribution in [0, 0.1) is 6.92 Å². The lowest BCUT2D eigenvalue weighted by Crippen LogP contribution is -2.25. The molecule has 0 saturated carbocycles. The molecule has 108 valence electrons. The van der Waals surface area contributed by atoms with Crippen molar-refractivity contribution >= 4 is 5.91 Å². The van der Waals surface area contributed by atoms with Crippen molar-refractivity contribution in [1.82, 2.24) is 5.32 Å². The number of rotatable bonds is 5. The van der Waals surface area contributed by atoms with Crippen molar-refractivity contribution in [3.8, 4) is 0 Å². The van der Waals surface area contributed by atoms with Gasteiger partial charge in [-0.05, 0) is 36.5 Å². The van der Waals surface area contributed by atoms with E-state index in [9.17, 15) is 4.79 Å². The van der Waals surface area contributed by atoms with Crippen molar-refractivity contribution in [3.05, 3.63) is 34.9 Å². The first-order chi connectivity index (χ1) is 9.06. The van der Waals surface area contributed by atoms with Crippen LogP contribution in [-0.4, -0.2) is 24.2 Å². The van der Waals surface area contributed by atoms with Crippen molar-refractivity contribution in [2.75, 3.05) is 13.2 Å². The summed E-state index contributed by atoms with van der Waals surface area (Å²) in [5.41, 5.74) is 2.96. The molecule has 0 bridgehead atoms. The fourth-order valence-electron chi connectivity index (χ4n) is 1.68. The highest BCUT2D eigenvalue weighted by Crippen LogP contribution is 2.18. The Kier molecular flexibility index (Phi) is 8.88. The molecule has 3 nitrogen and oxygen atoms in total. The summed E-state index contributed by atoms with van der Waals surface area (Å²) >= 11 is 0. The SMILES string of the molecule is CC.Cc1cc(C(C)C)ccc1C(=O)NCCCO. The van der Waals surface area contributed by atoms with Gasteiger partial charge in [0, 0.05) is 18.7 Å². The Morgan fingerprint density at radius 1 is 1.32 bits per heavy atom. The largest absolute Gasteiger partial charge is 0.396 e. The molecule has 1 aromatic carbocycles. The van der Waals surface area contributed by atoms with Crippen LogP contribution in [-0.2, 0) is 0 Å². The first-order valence-corrected chi connectivity index (χ1v) is 7.06. The van der Waals surface area contributed by atoms with E-state index >= 15 is 0 Å². The van der Waals surface area contributed by atoms with Crippen LogP contribution in [0.15, 0.2) is 18.2 Å². The van der Waals surface area contributed by atoms with E-state index in [0.29, 0.717) is 24.4 Å². The van der Waals surface area contributed by atoms with Gasteiger partial charge in [-0.25, -0.2) is 0 Å². The summed E-state index contributed by atoms with van der Waals surface area (Å²) in [6.45, 7) is 10.8. The van der Waals surface area contributed by atoms with E-state index < -0.39 is 0 Å². The Labute approximate surface area is 117 Å². The van der Waals surface area contributed by atoms with Crippen molar-refractivity contribution < 1.29 is 9.90 Å². The third-order valence-electron chi connectivity index (χ3n) is 2.78. The smallest absolute Gasteiger partial charge is 0.251 e. The third kappa shape index (κ3) is 5.88. The molecular weight excluding hydrogens is 238 g/mol. The van der Waals surface area contributed by atoms with Crippen LogP contribution in [0.1, 0.15) is 61.5 Å². The standard InChI is InChI=1S/C14H21NO2.C2H6/c1-10(2)12-5-6-13(11(3)9-12)14(17)15-7-4-8-16;1-2/h5-6,9-10,16H,4,7-8H2,1-3H3,(H,15,17);1-2H3. The van der Waals surface area contributed by atoms with E-state index in [2.05, 4.69) is 25.2 Å². The molecule has 19 heavy (non-hydrogen) atoms.